The van der Waals surface area contributed by atoms with Crippen molar-refractivity contribution in [2.75, 3.05) is 7.05 Å². The van der Waals surface area contributed by atoms with Gasteiger partial charge in [0.05, 0.1) is 6.04 Å². The van der Waals surface area contributed by atoms with Crippen LogP contribution in [0.3, 0.4) is 0 Å². The number of hydrogen-bond donors (Lipinski definition) is 0. The molecule has 1 atom stereocenters. The van der Waals surface area contributed by atoms with E-state index in [0.29, 0.717) is 6.29 Å². The number of halogens is 3. The molecule has 18 heavy (non-hydrogen) atoms. The van der Waals surface area contributed by atoms with E-state index in [0.717, 1.165) is 4.90 Å². The molecule has 0 aliphatic carbocycles. The number of likely N-dealkylation sites (N-methyl/N-ethyl adjacent to an activating group) is 1. The maximum Gasteiger partial charge on any atom is 0.410 e. The van der Waals surface area contributed by atoms with E-state index in [1.165, 1.54) is 7.05 Å². The molecule has 0 aromatic carbocycles. The van der Waals surface area contributed by atoms with Gasteiger partial charge in [-0.3, -0.25) is 0 Å². The minimum absolute atomic E-state index is 0.315. The predicted molar refractivity (Wildman–Crippen MR) is 59.1 cm³/mol. The number of hydrogen-bond acceptors (Lipinski definition) is 3. The Balaban J connectivity index is 4.47. The zero-order chi connectivity index (χ0) is 14.6. The van der Waals surface area contributed by atoms with Crippen LogP contribution in [0.2, 0.25) is 0 Å². The molecule has 0 bridgehead atoms. The van der Waals surface area contributed by atoms with Crippen LogP contribution in [0.4, 0.5) is 18.0 Å². The van der Waals surface area contributed by atoms with Gasteiger partial charge in [-0.1, -0.05) is 0 Å². The molecule has 0 saturated heterocycles. The van der Waals surface area contributed by atoms with Crippen LogP contribution >= 0.6 is 0 Å². The van der Waals surface area contributed by atoms with Crippen molar-refractivity contribution in [1.82, 2.24) is 4.90 Å². The molecule has 0 aliphatic rings. The van der Waals surface area contributed by atoms with Gasteiger partial charge < -0.3 is 14.4 Å². The van der Waals surface area contributed by atoms with E-state index < -0.39 is 36.8 Å². The fourth-order valence-corrected chi connectivity index (χ4v) is 1.13. The second-order valence-electron chi connectivity index (χ2n) is 4.95. The fourth-order valence-electron chi connectivity index (χ4n) is 1.13. The van der Waals surface area contributed by atoms with Gasteiger partial charge >= 0.3 is 12.3 Å². The number of nitrogens with zero attached hydrogens (tertiary/aromatic N) is 1. The van der Waals surface area contributed by atoms with E-state index in [1.807, 2.05) is 0 Å². The molecule has 0 heterocycles. The lowest BCUT2D eigenvalue weighted by atomic mass is 10.1. The van der Waals surface area contributed by atoms with Crippen molar-refractivity contribution in [3.63, 3.8) is 0 Å². The number of carbonyl (C=O) groups excluding carboxylic acids is 2. The fraction of sp³-hybridized carbons (Fsp3) is 0.818. The molecule has 1 unspecified atom stereocenters. The quantitative estimate of drug-likeness (QED) is 0.737. The second-order valence-corrected chi connectivity index (χ2v) is 4.95. The Morgan fingerprint density at radius 2 is 1.83 bits per heavy atom. The standard InChI is InChI=1S/C11H18F3NO3/c1-10(2,3)18-9(17)15(4)8(7-16)5-6-11(12,13)14/h7-8H,5-6H2,1-4H3. The highest BCUT2D eigenvalue weighted by Crippen LogP contribution is 2.23. The zero-order valence-electron chi connectivity index (χ0n) is 10.9. The van der Waals surface area contributed by atoms with Gasteiger partial charge in [0.15, 0.2) is 0 Å². The molecule has 7 heteroatoms. The summed E-state index contributed by atoms with van der Waals surface area (Å²) in [7, 11) is 1.24. The average Bonchev–Trinajstić information content (AvgIpc) is 2.13. The van der Waals surface area contributed by atoms with Crippen molar-refractivity contribution in [3.8, 4) is 0 Å². The van der Waals surface area contributed by atoms with Crippen LogP contribution in [0.1, 0.15) is 33.6 Å². The van der Waals surface area contributed by atoms with Crippen LogP contribution in [0.15, 0.2) is 0 Å². The first-order valence-electron chi connectivity index (χ1n) is 5.44. The SMILES string of the molecule is CN(C(=O)OC(C)(C)C)C(C=O)CCC(F)(F)F. The number of ether oxygens (including phenoxy) is 1. The van der Waals surface area contributed by atoms with Gasteiger partial charge in [0.1, 0.15) is 11.9 Å². The van der Waals surface area contributed by atoms with Crippen LogP contribution in [0.5, 0.6) is 0 Å². The van der Waals surface area contributed by atoms with Crippen LogP contribution in [0, 0.1) is 0 Å². The molecule has 0 spiro atoms. The first-order chi connectivity index (χ1) is 7.96. The predicted octanol–water partition coefficient (Wildman–Crippen LogP) is 2.76. The molecule has 4 nitrogen and oxygen atoms in total. The Kier molecular flexibility index (Phi) is 5.63. The smallest absolute Gasteiger partial charge is 0.410 e. The molecule has 0 N–H and O–H groups in total. The summed E-state index contributed by atoms with van der Waals surface area (Å²) >= 11 is 0. The Bertz CT molecular complexity index is 297. The third kappa shape index (κ3) is 7.13. The number of carbonyl (C=O) groups is 2. The Morgan fingerprint density at radius 1 is 1.33 bits per heavy atom. The van der Waals surface area contributed by atoms with E-state index >= 15 is 0 Å². The Hall–Kier alpha value is -1.27. The van der Waals surface area contributed by atoms with Gasteiger partial charge in [-0.05, 0) is 27.2 Å². The topological polar surface area (TPSA) is 46.6 Å². The summed E-state index contributed by atoms with van der Waals surface area (Å²) in [5, 5.41) is 0. The highest BCUT2D eigenvalue weighted by Gasteiger charge is 2.31. The van der Waals surface area contributed by atoms with Crippen LogP contribution in [0.25, 0.3) is 0 Å². The highest BCUT2D eigenvalue weighted by molar-refractivity contribution is 5.73. The molecule has 0 radical (unpaired) electrons. The summed E-state index contributed by atoms with van der Waals surface area (Å²) in [6, 6.07) is -1.14. The summed E-state index contributed by atoms with van der Waals surface area (Å²) in [4.78, 5) is 23.1. The van der Waals surface area contributed by atoms with Crippen molar-refractivity contribution in [2.24, 2.45) is 0 Å². The minimum atomic E-state index is -4.35. The van der Waals surface area contributed by atoms with Gasteiger partial charge in [0.25, 0.3) is 0 Å². The molecule has 0 rings (SSSR count). The number of alkyl halides is 3. The first-order valence-corrected chi connectivity index (χ1v) is 5.44. The normalized spacial score (nSPS) is 13.9. The molecular weight excluding hydrogens is 251 g/mol. The summed E-state index contributed by atoms with van der Waals surface area (Å²) in [6.07, 6.45) is -6.44. The lowest BCUT2D eigenvalue weighted by Crippen LogP contribution is -2.42. The van der Waals surface area contributed by atoms with E-state index in [1.54, 1.807) is 20.8 Å². The summed E-state index contributed by atoms with van der Waals surface area (Å²) in [5.74, 6) is 0. The van der Waals surface area contributed by atoms with Gasteiger partial charge in [-0.2, -0.15) is 13.2 Å². The largest absolute Gasteiger partial charge is 0.444 e. The Labute approximate surface area is 104 Å². The summed E-state index contributed by atoms with van der Waals surface area (Å²) in [6.45, 7) is 4.89. The van der Waals surface area contributed by atoms with E-state index in [-0.39, 0.29) is 0 Å². The summed E-state index contributed by atoms with van der Waals surface area (Å²) in [5.41, 5.74) is -0.761. The molecule has 106 valence electrons. The molecule has 0 aromatic heterocycles. The first kappa shape index (κ1) is 16.7. The summed E-state index contributed by atoms with van der Waals surface area (Å²) < 4.78 is 41.1. The van der Waals surface area contributed by atoms with Crippen LogP contribution in [-0.2, 0) is 9.53 Å². The van der Waals surface area contributed by atoms with Crippen molar-refractivity contribution in [3.05, 3.63) is 0 Å². The van der Waals surface area contributed by atoms with Crippen molar-refractivity contribution in [1.29, 1.82) is 0 Å². The lowest BCUT2D eigenvalue weighted by Gasteiger charge is -2.28. The molecule has 0 aromatic rings. The second kappa shape index (κ2) is 6.06. The molecule has 0 fully saturated rings. The number of rotatable bonds is 4. The van der Waals surface area contributed by atoms with Gasteiger partial charge in [-0.25, -0.2) is 4.79 Å². The lowest BCUT2D eigenvalue weighted by molar-refractivity contribution is -0.139. The van der Waals surface area contributed by atoms with E-state index in [2.05, 4.69) is 0 Å². The Morgan fingerprint density at radius 3 is 2.17 bits per heavy atom. The van der Waals surface area contributed by atoms with Crippen molar-refractivity contribution >= 4 is 12.4 Å². The van der Waals surface area contributed by atoms with Crippen LogP contribution < -0.4 is 0 Å². The number of aldehydes is 1. The van der Waals surface area contributed by atoms with E-state index in [4.69, 9.17) is 4.74 Å². The van der Waals surface area contributed by atoms with Crippen molar-refractivity contribution < 1.29 is 27.5 Å². The maximum absolute atomic E-state index is 12.0. The van der Waals surface area contributed by atoms with Crippen LogP contribution in [-0.4, -0.2) is 42.1 Å². The molecule has 0 aliphatic heterocycles. The van der Waals surface area contributed by atoms with Gasteiger partial charge in [0, 0.05) is 13.5 Å². The average molecular weight is 269 g/mol. The third-order valence-corrected chi connectivity index (χ3v) is 2.06. The van der Waals surface area contributed by atoms with E-state index in [9.17, 15) is 22.8 Å². The van der Waals surface area contributed by atoms with Crippen molar-refractivity contribution in [2.45, 2.75) is 51.4 Å². The highest BCUT2D eigenvalue weighted by atomic mass is 19.4. The minimum Gasteiger partial charge on any atom is -0.444 e. The monoisotopic (exact) mass is 269 g/mol. The molecule has 1 amide bonds. The number of amides is 1. The third-order valence-electron chi connectivity index (χ3n) is 2.06. The molecule has 0 saturated carbocycles. The molecular formula is C11H18F3NO3. The zero-order valence-corrected chi connectivity index (χ0v) is 10.9. The van der Waals surface area contributed by atoms with Gasteiger partial charge in [-0.15, -0.1) is 0 Å². The maximum atomic E-state index is 12.0. The van der Waals surface area contributed by atoms with Gasteiger partial charge in [0.2, 0.25) is 0 Å².